The van der Waals surface area contributed by atoms with E-state index < -0.39 is 0 Å². The van der Waals surface area contributed by atoms with Crippen LogP contribution in [0.2, 0.25) is 0 Å². The molecule has 3 heterocycles. The van der Waals surface area contributed by atoms with E-state index in [1.807, 2.05) is 16.3 Å². The molecule has 1 aliphatic carbocycles. The first-order valence-corrected chi connectivity index (χ1v) is 9.47. The molecule has 0 N–H and O–H groups in total. The average molecular weight is 334 g/mol. The minimum Gasteiger partial charge on any atom is -0.371 e. The summed E-state index contributed by atoms with van der Waals surface area (Å²) in [5.41, 5.74) is 0.582. The maximum absolute atomic E-state index is 12.8. The molecule has 6 heteroatoms. The smallest absolute Gasteiger partial charge is 0.273 e. The number of hydrogen-bond acceptors (Lipinski definition) is 5. The topological polar surface area (TPSA) is 42.4 Å². The number of nitrogens with zero attached hydrogens (tertiary/aromatic N) is 2. The van der Waals surface area contributed by atoms with Crippen LogP contribution in [-0.4, -0.2) is 28.4 Å². The lowest BCUT2D eigenvalue weighted by Gasteiger charge is -2.20. The van der Waals surface area contributed by atoms with Gasteiger partial charge in [-0.25, -0.2) is 4.98 Å². The molecule has 0 spiro atoms. The van der Waals surface area contributed by atoms with Gasteiger partial charge < -0.3 is 9.64 Å². The number of carbonyl (C=O) groups excluding carboxylic acids is 1. The van der Waals surface area contributed by atoms with Crippen LogP contribution in [0.4, 0.5) is 0 Å². The average Bonchev–Trinajstić information content (AvgIpc) is 3.01. The molecule has 1 aliphatic heterocycles. The van der Waals surface area contributed by atoms with Crippen molar-refractivity contribution in [3.63, 3.8) is 0 Å². The Morgan fingerprint density at radius 3 is 2.95 bits per heavy atom. The second-order valence-electron chi connectivity index (χ2n) is 5.82. The summed E-state index contributed by atoms with van der Waals surface area (Å²) in [5, 5.41) is 4.90. The Morgan fingerprint density at radius 1 is 1.36 bits per heavy atom. The summed E-state index contributed by atoms with van der Waals surface area (Å²) in [6.45, 7) is 1.51. The van der Waals surface area contributed by atoms with Crippen LogP contribution in [0.1, 0.15) is 52.2 Å². The highest BCUT2D eigenvalue weighted by Crippen LogP contribution is 2.33. The summed E-state index contributed by atoms with van der Waals surface area (Å²) in [5.74, 6) is 0.0661. The minimum absolute atomic E-state index is 0.0661. The van der Waals surface area contributed by atoms with Gasteiger partial charge in [-0.05, 0) is 37.1 Å². The fourth-order valence-electron chi connectivity index (χ4n) is 2.78. The Bertz CT molecular complexity index is 643. The van der Waals surface area contributed by atoms with Crippen LogP contribution >= 0.6 is 22.7 Å². The summed E-state index contributed by atoms with van der Waals surface area (Å²) in [4.78, 5) is 20.6. The molecule has 1 saturated carbocycles. The predicted molar refractivity (Wildman–Crippen MR) is 87.3 cm³/mol. The van der Waals surface area contributed by atoms with Gasteiger partial charge in [0, 0.05) is 22.9 Å². The van der Waals surface area contributed by atoms with Gasteiger partial charge in [0.25, 0.3) is 5.91 Å². The number of hydrogen-bond donors (Lipinski definition) is 0. The van der Waals surface area contributed by atoms with E-state index >= 15 is 0 Å². The summed E-state index contributed by atoms with van der Waals surface area (Å²) in [6, 6.07) is 4.52. The van der Waals surface area contributed by atoms with Crippen molar-refractivity contribution < 1.29 is 9.53 Å². The molecule has 1 saturated heterocycles. The van der Waals surface area contributed by atoms with Crippen LogP contribution in [0, 0.1) is 0 Å². The van der Waals surface area contributed by atoms with Gasteiger partial charge in [0.05, 0.1) is 6.54 Å². The third-order valence-corrected chi connectivity index (χ3v) is 5.90. The number of aromatic nitrogens is 1. The van der Waals surface area contributed by atoms with Crippen molar-refractivity contribution in [2.45, 2.75) is 44.4 Å². The second kappa shape index (κ2) is 6.10. The van der Waals surface area contributed by atoms with Crippen molar-refractivity contribution >= 4 is 28.6 Å². The molecule has 2 aromatic rings. The van der Waals surface area contributed by atoms with Gasteiger partial charge >= 0.3 is 0 Å². The van der Waals surface area contributed by atoms with E-state index in [0.717, 1.165) is 37.3 Å². The van der Waals surface area contributed by atoms with Crippen LogP contribution in [0.25, 0.3) is 0 Å². The molecule has 4 rings (SSSR count). The largest absolute Gasteiger partial charge is 0.371 e. The number of thiophene rings is 1. The molecular formula is C16H18N2O2S2. The molecule has 2 fully saturated rings. The van der Waals surface area contributed by atoms with E-state index in [2.05, 4.69) is 16.4 Å². The lowest BCUT2D eigenvalue weighted by Crippen LogP contribution is -2.32. The van der Waals surface area contributed by atoms with Gasteiger partial charge in [-0.1, -0.05) is 6.07 Å². The van der Waals surface area contributed by atoms with Crippen molar-refractivity contribution in [3.05, 3.63) is 38.5 Å². The highest BCUT2D eigenvalue weighted by atomic mass is 32.1. The standard InChI is InChI=1S/C16H18N2O2S2/c19-16(13-10-22-15(17-13)14-4-1-7-20-14)18(11-5-6-11)9-12-3-2-8-21-12/h2-3,8,10-11,14H,1,4-7,9H2. The molecule has 2 aromatic heterocycles. The highest BCUT2D eigenvalue weighted by Gasteiger charge is 2.34. The summed E-state index contributed by atoms with van der Waals surface area (Å²) < 4.78 is 5.66. The molecule has 0 bridgehead atoms. The predicted octanol–water partition coefficient (Wildman–Crippen LogP) is 3.86. The van der Waals surface area contributed by atoms with Gasteiger partial charge in [0.2, 0.25) is 0 Å². The van der Waals surface area contributed by atoms with Crippen LogP contribution in [0.5, 0.6) is 0 Å². The van der Waals surface area contributed by atoms with E-state index in [4.69, 9.17) is 4.74 Å². The first-order chi connectivity index (χ1) is 10.8. The fraction of sp³-hybridized carbons (Fsp3) is 0.500. The van der Waals surface area contributed by atoms with Crippen LogP contribution in [0.15, 0.2) is 22.9 Å². The number of rotatable bonds is 5. The van der Waals surface area contributed by atoms with Gasteiger partial charge in [-0.2, -0.15) is 0 Å². The molecule has 1 unspecified atom stereocenters. The normalized spacial score (nSPS) is 21.2. The zero-order valence-electron chi connectivity index (χ0n) is 12.2. The number of amides is 1. The monoisotopic (exact) mass is 334 g/mol. The van der Waals surface area contributed by atoms with Gasteiger partial charge in [0.15, 0.2) is 0 Å². The first kappa shape index (κ1) is 14.4. The molecule has 0 radical (unpaired) electrons. The van der Waals surface area contributed by atoms with Crippen molar-refractivity contribution in [2.75, 3.05) is 6.61 Å². The van der Waals surface area contributed by atoms with Gasteiger partial charge in [-0.15, -0.1) is 22.7 Å². The summed E-state index contributed by atoms with van der Waals surface area (Å²) in [6.07, 6.45) is 4.42. The molecule has 22 heavy (non-hydrogen) atoms. The zero-order chi connectivity index (χ0) is 14.9. The van der Waals surface area contributed by atoms with Crippen LogP contribution in [-0.2, 0) is 11.3 Å². The maximum Gasteiger partial charge on any atom is 0.273 e. The Kier molecular flexibility index (Phi) is 3.98. The third-order valence-electron chi connectivity index (χ3n) is 4.10. The molecule has 1 atom stereocenters. The quantitative estimate of drug-likeness (QED) is 0.834. The molecule has 116 valence electrons. The SMILES string of the molecule is O=C(c1csc(C2CCCO2)n1)N(Cc1cccs1)C1CC1. The Morgan fingerprint density at radius 2 is 2.27 bits per heavy atom. The van der Waals surface area contributed by atoms with E-state index in [1.54, 1.807) is 22.7 Å². The van der Waals surface area contributed by atoms with Crippen molar-refractivity contribution in [1.82, 2.24) is 9.88 Å². The van der Waals surface area contributed by atoms with Gasteiger partial charge in [0.1, 0.15) is 16.8 Å². The maximum atomic E-state index is 12.8. The van der Waals surface area contributed by atoms with E-state index in [1.165, 1.54) is 4.88 Å². The van der Waals surface area contributed by atoms with Crippen LogP contribution < -0.4 is 0 Å². The summed E-state index contributed by atoms with van der Waals surface area (Å²) >= 11 is 3.25. The Hall–Kier alpha value is -1.24. The lowest BCUT2D eigenvalue weighted by atomic mass is 10.2. The van der Waals surface area contributed by atoms with E-state index in [0.29, 0.717) is 18.3 Å². The third kappa shape index (κ3) is 2.95. The number of thiazole rings is 1. The van der Waals surface area contributed by atoms with Gasteiger partial charge in [-0.3, -0.25) is 4.79 Å². The van der Waals surface area contributed by atoms with Crippen molar-refractivity contribution in [3.8, 4) is 0 Å². The van der Waals surface area contributed by atoms with E-state index in [9.17, 15) is 4.79 Å². The zero-order valence-corrected chi connectivity index (χ0v) is 13.9. The van der Waals surface area contributed by atoms with E-state index in [-0.39, 0.29) is 12.0 Å². The molecule has 4 nitrogen and oxygen atoms in total. The molecular weight excluding hydrogens is 316 g/mol. The number of ether oxygens (including phenoxy) is 1. The molecule has 1 amide bonds. The van der Waals surface area contributed by atoms with Crippen LogP contribution in [0.3, 0.4) is 0 Å². The Labute approximate surface area is 137 Å². The number of carbonyl (C=O) groups is 1. The second-order valence-corrected chi connectivity index (χ2v) is 7.74. The molecule has 2 aliphatic rings. The molecule has 0 aromatic carbocycles. The van der Waals surface area contributed by atoms with Crippen molar-refractivity contribution in [1.29, 1.82) is 0 Å². The lowest BCUT2D eigenvalue weighted by molar-refractivity contribution is 0.0724. The Balaban J connectivity index is 1.51. The highest BCUT2D eigenvalue weighted by molar-refractivity contribution is 7.10. The minimum atomic E-state index is 0.0661. The summed E-state index contributed by atoms with van der Waals surface area (Å²) in [7, 11) is 0. The first-order valence-electron chi connectivity index (χ1n) is 7.71. The fourth-order valence-corrected chi connectivity index (χ4v) is 4.35. The van der Waals surface area contributed by atoms with Crippen molar-refractivity contribution in [2.24, 2.45) is 0 Å².